The number of hydrogen-bond donors (Lipinski definition) is 3. The zero-order valence-electron chi connectivity index (χ0n) is 14.5. The third-order valence-electron chi connectivity index (χ3n) is 4.61. The number of ether oxygens (including phenoxy) is 1. The Morgan fingerprint density at radius 3 is 2.52 bits per heavy atom. The Morgan fingerprint density at radius 1 is 1.04 bits per heavy atom. The van der Waals surface area contributed by atoms with Crippen molar-refractivity contribution in [1.82, 2.24) is 9.97 Å². The summed E-state index contributed by atoms with van der Waals surface area (Å²) in [6.45, 7) is 6.01. The Hall–Kier alpha value is -2.73. The summed E-state index contributed by atoms with van der Waals surface area (Å²) < 4.78 is 5.82. The van der Waals surface area contributed by atoms with E-state index in [4.69, 9.17) is 16.2 Å². The molecule has 130 valence electrons. The fourth-order valence-electron chi connectivity index (χ4n) is 3.44. The number of nitrogen functional groups attached to an aromatic ring is 2. The van der Waals surface area contributed by atoms with E-state index in [2.05, 4.69) is 46.9 Å². The third-order valence-corrected chi connectivity index (χ3v) is 4.61. The second kappa shape index (κ2) is 5.97. The van der Waals surface area contributed by atoms with Crippen LogP contribution in [0.25, 0.3) is 22.4 Å². The van der Waals surface area contributed by atoms with Crippen molar-refractivity contribution < 1.29 is 4.74 Å². The van der Waals surface area contributed by atoms with Gasteiger partial charge >= 0.3 is 0 Å². The number of fused-ring (bicyclic) bond motifs is 1. The topological polar surface area (TPSA) is 93.2 Å². The molecular weight excluding hydrogens is 314 g/mol. The number of imidazole rings is 1. The van der Waals surface area contributed by atoms with Gasteiger partial charge in [-0.15, -0.1) is 0 Å². The molecule has 6 heteroatoms. The smallest absolute Gasteiger partial charge is 0.138 e. The van der Waals surface area contributed by atoms with Crippen molar-refractivity contribution >= 4 is 28.1 Å². The molecule has 25 heavy (non-hydrogen) atoms. The highest BCUT2D eigenvalue weighted by Crippen LogP contribution is 2.28. The molecular formula is C19H23N5O. The largest absolute Gasteiger partial charge is 0.397 e. The lowest BCUT2D eigenvalue weighted by molar-refractivity contribution is -0.00521. The molecule has 2 aromatic carbocycles. The number of nitrogens with two attached hydrogens (primary N) is 2. The van der Waals surface area contributed by atoms with Crippen LogP contribution in [0, 0.1) is 0 Å². The van der Waals surface area contributed by atoms with E-state index < -0.39 is 0 Å². The molecule has 1 aromatic heterocycles. The van der Waals surface area contributed by atoms with Crippen LogP contribution in [0.15, 0.2) is 36.4 Å². The van der Waals surface area contributed by atoms with E-state index in [0.717, 1.165) is 35.5 Å². The molecule has 2 heterocycles. The van der Waals surface area contributed by atoms with Gasteiger partial charge in [0.1, 0.15) is 5.82 Å². The van der Waals surface area contributed by atoms with Crippen molar-refractivity contribution in [3.8, 4) is 11.4 Å². The summed E-state index contributed by atoms with van der Waals surface area (Å²) in [7, 11) is 0. The van der Waals surface area contributed by atoms with Crippen LogP contribution in [0.1, 0.15) is 13.8 Å². The standard InChI is InChI=1S/C19H23N5O/c1-11-9-24(10-12(2)25-11)14-4-6-17-18(8-14)23-19(22-17)13-3-5-15(20)16(21)7-13/h3-8,11-12H,9-10,20-21H2,1-2H3,(H,22,23)/t11-,12+. The average molecular weight is 337 g/mol. The molecule has 1 aliphatic heterocycles. The molecule has 6 nitrogen and oxygen atoms in total. The minimum Gasteiger partial charge on any atom is -0.397 e. The van der Waals surface area contributed by atoms with Crippen molar-refractivity contribution in [2.24, 2.45) is 0 Å². The summed E-state index contributed by atoms with van der Waals surface area (Å²) in [5, 5.41) is 0. The number of aromatic amines is 1. The number of nitrogens with one attached hydrogen (secondary N) is 1. The van der Waals surface area contributed by atoms with Crippen molar-refractivity contribution in [3.63, 3.8) is 0 Å². The third kappa shape index (κ3) is 3.00. The fourth-order valence-corrected chi connectivity index (χ4v) is 3.44. The molecule has 0 spiro atoms. The number of benzene rings is 2. The first kappa shape index (κ1) is 15.8. The predicted molar refractivity (Wildman–Crippen MR) is 103 cm³/mol. The maximum atomic E-state index is 5.91. The highest BCUT2D eigenvalue weighted by molar-refractivity contribution is 5.84. The van der Waals surface area contributed by atoms with Crippen LogP contribution in [-0.4, -0.2) is 35.3 Å². The monoisotopic (exact) mass is 337 g/mol. The van der Waals surface area contributed by atoms with Crippen LogP contribution in [0.4, 0.5) is 17.1 Å². The summed E-state index contributed by atoms with van der Waals surface area (Å²) >= 11 is 0. The molecule has 0 unspecified atom stereocenters. The molecule has 0 amide bonds. The van der Waals surface area contributed by atoms with Gasteiger partial charge in [-0.3, -0.25) is 0 Å². The van der Waals surface area contributed by atoms with Crippen LogP contribution in [0.2, 0.25) is 0 Å². The second-order valence-electron chi connectivity index (χ2n) is 6.79. The minimum absolute atomic E-state index is 0.231. The van der Waals surface area contributed by atoms with E-state index in [-0.39, 0.29) is 12.2 Å². The van der Waals surface area contributed by atoms with Crippen molar-refractivity contribution in [2.75, 3.05) is 29.5 Å². The molecule has 0 radical (unpaired) electrons. The van der Waals surface area contributed by atoms with Crippen molar-refractivity contribution in [2.45, 2.75) is 26.1 Å². The quantitative estimate of drug-likeness (QED) is 0.625. The lowest BCUT2D eigenvalue weighted by Gasteiger charge is -2.36. The van der Waals surface area contributed by atoms with Gasteiger partial charge in [0.05, 0.1) is 34.6 Å². The van der Waals surface area contributed by atoms with Gasteiger partial charge < -0.3 is 26.1 Å². The number of anilines is 3. The Labute approximate surface area is 146 Å². The Kier molecular flexibility index (Phi) is 3.77. The molecule has 3 aromatic rings. The van der Waals surface area contributed by atoms with Gasteiger partial charge in [-0.25, -0.2) is 4.98 Å². The van der Waals surface area contributed by atoms with Crippen LogP contribution in [-0.2, 0) is 4.74 Å². The molecule has 2 atom stereocenters. The van der Waals surface area contributed by atoms with Gasteiger partial charge in [0.15, 0.2) is 0 Å². The normalized spacial score (nSPS) is 21.0. The zero-order valence-corrected chi connectivity index (χ0v) is 14.5. The van der Waals surface area contributed by atoms with Crippen molar-refractivity contribution in [3.05, 3.63) is 36.4 Å². The highest BCUT2D eigenvalue weighted by Gasteiger charge is 2.22. The Balaban J connectivity index is 1.68. The summed E-state index contributed by atoms with van der Waals surface area (Å²) in [4.78, 5) is 10.4. The van der Waals surface area contributed by atoms with Gasteiger partial charge in [-0.05, 0) is 50.2 Å². The molecule has 0 bridgehead atoms. The highest BCUT2D eigenvalue weighted by atomic mass is 16.5. The zero-order chi connectivity index (χ0) is 17.6. The van der Waals surface area contributed by atoms with E-state index >= 15 is 0 Å². The van der Waals surface area contributed by atoms with Crippen molar-refractivity contribution in [1.29, 1.82) is 0 Å². The first-order valence-electron chi connectivity index (χ1n) is 8.55. The molecule has 0 saturated carbocycles. The van der Waals surface area contributed by atoms with Crippen LogP contribution in [0.5, 0.6) is 0 Å². The number of morpholine rings is 1. The average Bonchev–Trinajstić information content (AvgIpc) is 2.99. The molecule has 1 saturated heterocycles. The first-order valence-corrected chi connectivity index (χ1v) is 8.55. The second-order valence-corrected chi connectivity index (χ2v) is 6.79. The molecule has 5 N–H and O–H groups in total. The summed E-state index contributed by atoms with van der Waals surface area (Å²) in [6.07, 6.45) is 0.462. The van der Waals surface area contributed by atoms with Crippen LogP contribution in [0.3, 0.4) is 0 Å². The molecule has 1 fully saturated rings. The van der Waals surface area contributed by atoms with Gasteiger partial charge in [0, 0.05) is 24.3 Å². The van der Waals surface area contributed by atoms with Crippen LogP contribution >= 0.6 is 0 Å². The van der Waals surface area contributed by atoms with Gasteiger partial charge in [-0.1, -0.05) is 0 Å². The summed E-state index contributed by atoms with van der Waals surface area (Å²) in [5.74, 6) is 0.794. The maximum absolute atomic E-state index is 5.91. The minimum atomic E-state index is 0.231. The number of aromatic nitrogens is 2. The first-order chi connectivity index (χ1) is 12.0. The van der Waals surface area contributed by atoms with Crippen LogP contribution < -0.4 is 16.4 Å². The van der Waals surface area contributed by atoms with Gasteiger partial charge in [0.25, 0.3) is 0 Å². The Bertz CT molecular complexity index is 909. The molecule has 0 aliphatic carbocycles. The maximum Gasteiger partial charge on any atom is 0.138 e. The summed E-state index contributed by atoms with van der Waals surface area (Å²) in [6, 6.07) is 11.9. The van der Waals surface area contributed by atoms with E-state index in [1.165, 1.54) is 5.69 Å². The fraction of sp³-hybridized carbons (Fsp3) is 0.316. The van der Waals surface area contributed by atoms with Gasteiger partial charge in [0.2, 0.25) is 0 Å². The molecule has 1 aliphatic rings. The lowest BCUT2D eigenvalue weighted by Crippen LogP contribution is -2.45. The van der Waals surface area contributed by atoms with E-state index in [1.807, 2.05) is 12.1 Å². The number of rotatable bonds is 2. The lowest BCUT2D eigenvalue weighted by atomic mass is 10.1. The van der Waals surface area contributed by atoms with E-state index in [9.17, 15) is 0 Å². The number of hydrogen-bond acceptors (Lipinski definition) is 5. The molecule has 4 rings (SSSR count). The SMILES string of the molecule is C[C@@H]1CN(c2ccc3nc(-c4ccc(N)c(N)c4)[nH]c3c2)C[C@H](C)O1. The number of nitrogens with zero attached hydrogens (tertiary/aromatic N) is 2. The summed E-state index contributed by atoms with van der Waals surface area (Å²) in [5.41, 5.74) is 16.9. The number of H-pyrrole nitrogens is 1. The van der Waals surface area contributed by atoms with E-state index in [1.54, 1.807) is 6.07 Å². The van der Waals surface area contributed by atoms with Gasteiger partial charge in [-0.2, -0.15) is 0 Å². The Morgan fingerprint density at radius 2 is 1.80 bits per heavy atom. The predicted octanol–water partition coefficient (Wildman–Crippen LogP) is 3.01. The van der Waals surface area contributed by atoms with E-state index in [0.29, 0.717) is 11.4 Å².